The second kappa shape index (κ2) is 9.92. The molecule has 0 aromatic carbocycles. The summed E-state index contributed by atoms with van der Waals surface area (Å²) in [5.41, 5.74) is 0. The number of carboxylic acids is 1. The molecule has 0 aliphatic rings. The van der Waals surface area contributed by atoms with E-state index in [4.69, 9.17) is 5.11 Å². The summed E-state index contributed by atoms with van der Waals surface area (Å²) in [5.74, 6) is -0.976. The average Bonchev–Trinajstić information content (AvgIpc) is 2.33. The van der Waals surface area contributed by atoms with Crippen molar-refractivity contribution in [3.8, 4) is 0 Å². The van der Waals surface area contributed by atoms with Crippen LogP contribution in [0, 0.1) is 0 Å². The van der Waals surface area contributed by atoms with E-state index in [0.717, 1.165) is 12.8 Å². The summed E-state index contributed by atoms with van der Waals surface area (Å²) in [7, 11) is 1.59. The van der Waals surface area contributed by atoms with Crippen LogP contribution in [0.2, 0.25) is 0 Å². The van der Waals surface area contributed by atoms with Gasteiger partial charge in [-0.2, -0.15) is 0 Å². The molecule has 0 bridgehead atoms. The third kappa shape index (κ3) is 6.62. The van der Waals surface area contributed by atoms with Crippen LogP contribution in [0.4, 0.5) is 0 Å². The van der Waals surface area contributed by atoms with Gasteiger partial charge in [0, 0.05) is 13.5 Å². The fourth-order valence-electron chi connectivity index (χ4n) is 2.02. The molecule has 4 nitrogen and oxygen atoms in total. The van der Waals surface area contributed by atoms with Gasteiger partial charge in [-0.05, 0) is 12.8 Å². The van der Waals surface area contributed by atoms with Gasteiger partial charge in [0.25, 0.3) is 0 Å². The van der Waals surface area contributed by atoms with Gasteiger partial charge in [-0.1, -0.05) is 46.0 Å². The molecular weight excluding hydrogens is 230 g/mol. The molecule has 1 N–H and O–H groups in total. The molecule has 0 saturated carbocycles. The minimum atomic E-state index is -0.920. The first-order valence-electron chi connectivity index (χ1n) is 7.03. The monoisotopic (exact) mass is 257 g/mol. The molecule has 0 radical (unpaired) electrons. The summed E-state index contributed by atoms with van der Waals surface area (Å²) in [6.45, 7) is 3.96. The SMILES string of the molecule is CCCCCCCCC(=O)N(C)C(CC)C(=O)O. The molecule has 0 heterocycles. The number of likely N-dealkylation sites (N-methyl/N-ethyl adjacent to an activating group) is 1. The molecule has 18 heavy (non-hydrogen) atoms. The van der Waals surface area contributed by atoms with Crippen molar-refractivity contribution >= 4 is 11.9 Å². The third-order valence-electron chi connectivity index (χ3n) is 3.28. The van der Waals surface area contributed by atoms with Gasteiger partial charge in [-0.25, -0.2) is 4.79 Å². The van der Waals surface area contributed by atoms with Gasteiger partial charge in [0.05, 0.1) is 0 Å². The zero-order chi connectivity index (χ0) is 14.0. The van der Waals surface area contributed by atoms with Crippen LogP contribution in [0.5, 0.6) is 0 Å². The van der Waals surface area contributed by atoms with Crippen LogP contribution in [0.1, 0.15) is 65.2 Å². The lowest BCUT2D eigenvalue weighted by atomic mass is 10.1. The van der Waals surface area contributed by atoms with Crippen LogP contribution in [-0.2, 0) is 9.59 Å². The number of carboxylic acid groups (broad SMARTS) is 1. The Morgan fingerprint density at radius 2 is 1.61 bits per heavy atom. The van der Waals surface area contributed by atoms with Crippen LogP contribution in [0.25, 0.3) is 0 Å². The molecule has 0 aliphatic carbocycles. The first-order chi connectivity index (χ1) is 8.54. The molecule has 0 spiro atoms. The Bertz CT molecular complexity index is 253. The largest absolute Gasteiger partial charge is 0.480 e. The third-order valence-corrected chi connectivity index (χ3v) is 3.28. The standard InChI is InChI=1S/C14H27NO3/c1-4-6-7-8-9-10-11-13(16)15(3)12(5-2)14(17)18/h12H,4-11H2,1-3H3,(H,17,18). The fourth-order valence-corrected chi connectivity index (χ4v) is 2.02. The number of amides is 1. The van der Waals surface area contributed by atoms with Gasteiger partial charge in [-0.3, -0.25) is 4.79 Å². The molecule has 1 unspecified atom stereocenters. The van der Waals surface area contributed by atoms with Gasteiger partial charge in [0.1, 0.15) is 6.04 Å². The van der Waals surface area contributed by atoms with Crippen molar-refractivity contribution in [2.24, 2.45) is 0 Å². The zero-order valence-electron chi connectivity index (χ0n) is 11.9. The van der Waals surface area contributed by atoms with Crippen LogP contribution < -0.4 is 0 Å². The highest BCUT2D eigenvalue weighted by Crippen LogP contribution is 2.10. The number of nitrogens with zero attached hydrogens (tertiary/aromatic N) is 1. The van der Waals surface area contributed by atoms with Gasteiger partial charge in [0.15, 0.2) is 0 Å². The van der Waals surface area contributed by atoms with E-state index in [1.165, 1.54) is 30.6 Å². The highest BCUT2D eigenvalue weighted by molar-refractivity contribution is 5.83. The first kappa shape index (κ1) is 16.9. The van der Waals surface area contributed by atoms with Crippen LogP contribution in [-0.4, -0.2) is 35.0 Å². The maximum absolute atomic E-state index is 11.8. The van der Waals surface area contributed by atoms with E-state index in [1.54, 1.807) is 14.0 Å². The van der Waals surface area contributed by atoms with Crippen LogP contribution in [0.15, 0.2) is 0 Å². The first-order valence-corrected chi connectivity index (χ1v) is 7.03. The molecular formula is C14H27NO3. The Morgan fingerprint density at radius 1 is 1.06 bits per heavy atom. The molecule has 1 amide bonds. The Balaban J connectivity index is 3.83. The lowest BCUT2D eigenvalue weighted by Gasteiger charge is -2.23. The van der Waals surface area contributed by atoms with E-state index in [2.05, 4.69) is 6.92 Å². The molecule has 0 aromatic heterocycles. The number of aliphatic carboxylic acids is 1. The minimum absolute atomic E-state index is 0.0558. The number of carbonyl (C=O) groups is 2. The average molecular weight is 257 g/mol. The Morgan fingerprint density at radius 3 is 2.11 bits per heavy atom. The van der Waals surface area contributed by atoms with Gasteiger partial charge < -0.3 is 10.0 Å². The molecule has 4 heteroatoms. The number of hydrogen-bond donors (Lipinski definition) is 1. The maximum Gasteiger partial charge on any atom is 0.326 e. The van der Waals surface area contributed by atoms with E-state index < -0.39 is 12.0 Å². The van der Waals surface area contributed by atoms with E-state index >= 15 is 0 Å². The maximum atomic E-state index is 11.8. The number of unbranched alkanes of at least 4 members (excludes halogenated alkanes) is 5. The Hall–Kier alpha value is -1.06. The van der Waals surface area contributed by atoms with E-state index in [-0.39, 0.29) is 5.91 Å². The van der Waals surface area contributed by atoms with Crippen molar-refractivity contribution in [2.45, 2.75) is 71.3 Å². The summed E-state index contributed by atoms with van der Waals surface area (Å²) >= 11 is 0. The molecule has 0 rings (SSSR count). The lowest BCUT2D eigenvalue weighted by Crippen LogP contribution is -2.41. The summed E-state index contributed by atoms with van der Waals surface area (Å²) < 4.78 is 0. The zero-order valence-corrected chi connectivity index (χ0v) is 11.9. The second-order valence-electron chi connectivity index (χ2n) is 4.78. The van der Waals surface area contributed by atoms with Crippen molar-refractivity contribution in [2.75, 3.05) is 7.05 Å². The lowest BCUT2D eigenvalue weighted by molar-refractivity contribution is -0.149. The van der Waals surface area contributed by atoms with Gasteiger partial charge in [-0.15, -0.1) is 0 Å². The summed E-state index contributed by atoms with van der Waals surface area (Å²) in [4.78, 5) is 24.1. The second-order valence-corrected chi connectivity index (χ2v) is 4.78. The molecule has 106 valence electrons. The minimum Gasteiger partial charge on any atom is -0.480 e. The van der Waals surface area contributed by atoms with Gasteiger partial charge in [0.2, 0.25) is 5.91 Å². The summed E-state index contributed by atoms with van der Waals surface area (Å²) in [5, 5.41) is 8.97. The predicted octanol–water partition coefficient (Wildman–Crippen LogP) is 3.06. The fraction of sp³-hybridized carbons (Fsp3) is 0.857. The van der Waals surface area contributed by atoms with Crippen molar-refractivity contribution in [3.63, 3.8) is 0 Å². The molecule has 0 saturated heterocycles. The smallest absolute Gasteiger partial charge is 0.326 e. The highest BCUT2D eigenvalue weighted by atomic mass is 16.4. The summed E-state index contributed by atoms with van der Waals surface area (Å²) in [6, 6.07) is -0.683. The van der Waals surface area contributed by atoms with Crippen molar-refractivity contribution in [1.82, 2.24) is 4.90 Å². The van der Waals surface area contributed by atoms with E-state index in [0.29, 0.717) is 12.8 Å². The number of carbonyl (C=O) groups excluding carboxylic acids is 1. The molecule has 1 atom stereocenters. The molecule has 0 aliphatic heterocycles. The van der Waals surface area contributed by atoms with Crippen molar-refractivity contribution < 1.29 is 14.7 Å². The number of rotatable bonds is 10. The van der Waals surface area contributed by atoms with E-state index in [1.807, 2.05) is 0 Å². The van der Waals surface area contributed by atoms with Crippen molar-refractivity contribution in [1.29, 1.82) is 0 Å². The quantitative estimate of drug-likeness (QED) is 0.612. The Kier molecular flexibility index (Phi) is 9.33. The predicted molar refractivity (Wildman–Crippen MR) is 72.5 cm³/mol. The van der Waals surface area contributed by atoms with Crippen molar-refractivity contribution in [3.05, 3.63) is 0 Å². The topological polar surface area (TPSA) is 57.6 Å². The van der Waals surface area contributed by atoms with Gasteiger partial charge >= 0.3 is 5.97 Å². The molecule has 0 aromatic rings. The van der Waals surface area contributed by atoms with Crippen LogP contribution >= 0.6 is 0 Å². The Labute approximate surface area is 110 Å². The molecule has 0 fully saturated rings. The normalized spacial score (nSPS) is 12.2. The number of hydrogen-bond acceptors (Lipinski definition) is 2. The van der Waals surface area contributed by atoms with E-state index in [9.17, 15) is 9.59 Å². The highest BCUT2D eigenvalue weighted by Gasteiger charge is 2.23. The van der Waals surface area contributed by atoms with Crippen LogP contribution in [0.3, 0.4) is 0 Å². The summed E-state index contributed by atoms with van der Waals surface area (Å²) in [6.07, 6.45) is 7.71.